The maximum atomic E-state index is 13.9. The number of nitrogens with zero attached hydrogens (tertiary/aromatic N) is 4. The molecule has 1 heterocycles. The van der Waals surface area contributed by atoms with Gasteiger partial charge in [-0.15, -0.1) is 0 Å². The van der Waals surface area contributed by atoms with Crippen LogP contribution in [0.5, 0.6) is 0 Å². The number of hydrogen-bond donors (Lipinski definition) is 2. The highest BCUT2D eigenvalue weighted by atomic mass is 32.1. The molecule has 4 aromatic rings. The summed E-state index contributed by atoms with van der Waals surface area (Å²) in [5.41, 5.74) is 1.73. The van der Waals surface area contributed by atoms with Gasteiger partial charge in [0.1, 0.15) is 5.82 Å². The summed E-state index contributed by atoms with van der Waals surface area (Å²) < 4.78 is 57.4. The highest BCUT2D eigenvalue weighted by molar-refractivity contribution is 7.80. The first-order valence-corrected chi connectivity index (χ1v) is 15.1. The number of hydrogen-bond acceptors (Lipinski definition) is 4. The van der Waals surface area contributed by atoms with Gasteiger partial charge < -0.3 is 20.1 Å². The Morgan fingerprint density at radius 3 is 2.50 bits per heavy atom. The molecule has 0 unspecified atom stereocenters. The van der Waals surface area contributed by atoms with E-state index in [9.17, 15) is 22.4 Å². The maximum Gasteiger partial charge on any atom is 0.416 e. The average molecular weight is 651 g/mol. The summed E-state index contributed by atoms with van der Waals surface area (Å²) in [5, 5.41) is 15.1. The fraction of sp³-hybridized carbons (Fsp3) is 0.294. The SMILES string of the molecule is CC(C)C[C@@H](CN(Cc1ccccc1C(F)(F)F)C(=S)Nc1cccc(F)c1)NC(=O)Cc1cncn1Cc1ccc(C#N)cc1. The summed E-state index contributed by atoms with van der Waals surface area (Å²) in [5.74, 6) is -0.640. The molecule has 46 heavy (non-hydrogen) atoms. The molecule has 2 N–H and O–H groups in total. The van der Waals surface area contributed by atoms with Crippen LogP contribution in [-0.4, -0.2) is 38.1 Å². The van der Waals surface area contributed by atoms with Crippen molar-refractivity contribution in [2.24, 2.45) is 5.92 Å². The van der Waals surface area contributed by atoms with E-state index in [1.807, 2.05) is 30.5 Å². The molecule has 0 aliphatic heterocycles. The van der Waals surface area contributed by atoms with Crippen LogP contribution in [0, 0.1) is 23.1 Å². The van der Waals surface area contributed by atoms with Crippen molar-refractivity contribution in [3.8, 4) is 6.07 Å². The van der Waals surface area contributed by atoms with Gasteiger partial charge >= 0.3 is 6.18 Å². The fourth-order valence-corrected chi connectivity index (χ4v) is 5.36. The number of alkyl halides is 3. The summed E-state index contributed by atoms with van der Waals surface area (Å²) >= 11 is 5.64. The van der Waals surface area contributed by atoms with Gasteiger partial charge in [-0.3, -0.25) is 4.79 Å². The van der Waals surface area contributed by atoms with Crippen molar-refractivity contribution in [3.63, 3.8) is 0 Å². The van der Waals surface area contributed by atoms with Crippen molar-refractivity contribution in [2.75, 3.05) is 11.9 Å². The molecular weight excluding hydrogens is 616 g/mol. The van der Waals surface area contributed by atoms with Crippen LogP contribution in [0.3, 0.4) is 0 Å². The quantitative estimate of drug-likeness (QED) is 0.128. The number of nitriles is 1. The van der Waals surface area contributed by atoms with Crippen molar-refractivity contribution < 1.29 is 22.4 Å². The number of carbonyl (C=O) groups is 1. The molecule has 12 heteroatoms. The van der Waals surface area contributed by atoms with Crippen LogP contribution in [0.25, 0.3) is 0 Å². The summed E-state index contributed by atoms with van der Waals surface area (Å²) in [6.45, 7) is 4.33. The monoisotopic (exact) mass is 650 g/mol. The van der Waals surface area contributed by atoms with E-state index in [-0.39, 0.29) is 42.0 Å². The third kappa shape index (κ3) is 9.87. The van der Waals surface area contributed by atoms with Gasteiger partial charge in [-0.1, -0.05) is 50.2 Å². The van der Waals surface area contributed by atoms with E-state index in [2.05, 4.69) is 21.7 Å². The van der Waals surface area contributed by atoms with Crippen LogP contribution < -0.4 is 10.6 Å². The van der Waals surface area contributed by atoms with E-state index in [1.54, 1.807) is 35.6 Å². The highest BCUT2D eigenvalue weighted by Crippen LogP contribution is 2.32. The third-order valence-corrected chi connectivity index (χ3v) is 7.55. The van der Waals surface area contributed by atoms with Crippen molar-refractivity contribution in [2.45, 2.75) is 52.0 Å². The Morgan fingerprint density at radius 1 is 1.09 bits per heavy atom. The lowest BCUT2D eigenvalue weighted by Gasteiger charge is -2.32. The number of anilines is 1. The summed E-state index contributed by atoms with van der Waals surface area (Å²) in [6.07, 6.45) is -0.794. The molecule has 1 amide bonds. The van der Waals surface area contributed by atoms with Gasteiger partial charge in [0, 0.05) is 43.3 Å². The van der Waals surface area contributed by atoms with Gasteiger partial charge in [0.05, 0.1) is 29.9 Å². The topological polar surface area (TPSA) is 86.0 Å². The van der Waals surface area contributed by atoms with Gasteiger partial charge in [-0.25, -0.2) is 9.37 Å². The van der Waals surface area contributed by atoms with Crippen LogP contribution in [0.1, 0.15) is 48.2 Å². The minimum absolute atomic E-state index is 0.0136. The lowest BCUT2D eigenvalue weighted by molar-refractivity contribution is -0.138. The number of carbonyl (C=O) groups excluding carboxylic acids is 1. The predicted octanol–water partition coefficient (Wildman–Crippen LogP) is 6.93. The molecule has 7 nitrogen and oxygen atoms in total. The normalized spacial score (nSPS) is 12.0. The first kappa shape index (κ1) is 34.1. The first-order valence-electron chi connectivity index (χ1n) is 14.6. The Balaban J connectivity index is 1.53. The minimum Gasteiger partial charge on any atom is -0.351 e. The third-order valence-electron chi connectivity index (χ3n) is 7.19. The molecule has 1 atom stereocenters. The molecule has 0 saturated carbocycles. The summed E-state index contributed by atoms with van der Waals surface area (Å²) in [4.78, 5) is 19.1. The molecule has 0 bridgehead atoms. The first-order chi connectivity index (χ1) is 21.9. The van der Waals surface area contributed by atoms with Crippen molar-refractivity contribution >= 4 is 28.9 Å². The molecule has 4 rings (SSSR count). The lowest BCUT2D eigenvalue weighted by atomic mass is 10.0. The smallest absolute Gasteiger partial charge is 0.351 e. The second kappa shape index (κ2) is 15.5. The van der Waals surface area contributed by atoms with Crippen LogP contribution in [0.15, 0.2) is 85.3 Å². The van der Waals surface area contributed by atoms with Gasteiger partial charge in [0.2, 0.25) is 5.91 Å². The van der Waals surface area contributed by atoms with Crippen LogP contribution >= 0.6 is 12.2 Å². The van der Waals surface area contributed by atoms with Gasteiger partial charge in [-0.05, 0) is 72.1 Å². The Bertz CT molecular complexity index is 1680. The molecule has 0 fully saturated rings. The molecular formula is C34H34F4N6OS. The zero-order chi connectivity index (χ0) is 33.3. The van der Waals surface area contributed by atoms with Crippen LogP contribution in [0.2, 0.25) is 0 Å². The van der Waals surface area contributed by atoms with Crippen molar-refractivity contribution in [1.82, 2.24) is 19.8 Å². The summed E-state index contributed by atoms with van der Waals surface area (Å²) in [7, 11) is 0. The Morgan fingerprint density at radius 2 is 1.83 bits per heavy atom. The standard InChI is InChI=1S/C34H34F4N6OS/c1-23(2)14-29(41-32(45)16-30-18-40-22-44(30)19-25-12-10-24(17-39)11-13-25)21-43(33(46)42-28-8-5-7-27(35)15-28)20-26-6-3-4-9-31(26)34(36,37)38/h3-13,15,18,22-23,29H,14,16,19-21H2,1-2H3,(H,41,45)(H,42,46)/t29-/m0/s1. The number of benzene rings is 3. The number of aromatic nitrogens is 2. The second-order valence-corrected chi connectivity index (χ2v) is 11.8. The van der Waals surface area contributed by atoms with Crippen molar-refractivity contribution in [3.05, 3.63) is 119 Å². The number of nitrogens with one attached hydrogen (secondary N) is 2. The maximum absolute atomic E-state index is 13.9. The van der Waals surface area contributed by atoms with E-state index in [1.165, 1.54) is 36.4 Å². The zero-order valence-electron chi connectivity index (χ0n) is 25.4. The Kier molecular flexibility index (Phi) is 11.5. The van der Waals surface area contributed by atoms with E-state index >= 15 is 0 Å². The average Bonchev–Trinajstić information content (AvgIpc) is 3.42. The van der Waals surface area contributed by atoms with E-state index in [4.69, 9.17) is 17.5 Å². The molecule has 240 valence electrons. The molecule has 0 aliphatic rings. The number of rotatable bonds is 12. The van der Waals surface area contributed by atoms with Gasteiger partial charge in [0.25, 0.3) is 0 Å². The number of halogens is 4. The minimum atomic E-state index is -4.58. The van der Waals surface area contributed by atoms with E-state index in [0.717, 1.165) is 11.6 Å². The van der Waals surface area contributed by atoms with E-state index in [0.29, 0.717) is 29.9 Å². The summed E-state index contributed by atoms with van der Waals surface area (Å²) in [6, 6.07) is 19.6. The molecule has 0 radical (unpaired) electrons. The largest absolute Gasteiger partial charge is 0.416 e. The second-order valence-electron chi connectivity index (χ2n) is 11.4. The van der Waals surface area contributed by atoms with E-state index < -0.39 is 23.6 Å². The number of imidazole rings is 1. The highest BCUT2D eigenvalue weighted by Gasteiger charge is 2.34. The van der Waals surface area contributed by atoms with Crippen molar-refractivity contribution in [1.29, 1.82) is 5.26 Å². The molecule has 0 spiro atoms. The zero-order valence-corrected chi connectivity index (χ0v) is 26.2. The molecule has 1 aromatic heterocycles. The lowest BCUT2D eigenvalue weighted by Crippen LogP contribution is -2.47. The Hall–Kier alpha value is -4.76. The predicted molar refractivity (Wildman–Crippen MR) is 172 cm³/mol. The number of thiocarbonyl (C=S) groups is 1. The molecule has 0 aliphatic carbocycles. The molecule has 3 aromatic carbocycles. The van der Waals surface area contributed by atoms with Gasteiger partial charge in [0.15, 0.2) is 5.11 Å². The Labute approximate surface area is 270 Å². The van der Waals surface area contributed by atoms with Crippen LogP contribution in [0.4, 0.5) is 23.2 Å². The fourth-order valence-electron chi connectivity index (χ4n) is 5.10. The van der Waals surface area contributed by atoms with Gasteiger partial charge in [-0.2, -0.15) is 18.4 Å². The number of amides is 1. The van der Waals surface area contributed by atoms with Crippen LogP contribution in [-0.2, 0) is 30.5 Å². The molecule has 0 saturated heterocycles.